The van der Waals surface area contributed by atoms with Gasteiger partial charge in [0.1, 0.15) is 5.75 Å². The largest absolute Gasteiger partial charge is 0.489 e. The first-order valence-electron chi connectivity index (χ1n) is 6.28. The van der Waals surface area contributed by atoms with Crippen LogP contribution in [0, 0.1) is 0 Å². The monoisotopic (exact) mass is 292 g/mol. The van der Waals surface area contributed by atoms with Crippen molar-refractivity contribution in [1.29, 1.82) is 0 Å². The molecular weight excluding hydrogens is 280 g/mol. The molecule has 1 fully saturated rings. The summed E-state index contributed by atoms with van der Waals surface area (Å²) in [5, 5.41) is 13.4. The second kappa shape index (κ2) is 4.83. The molecule has 6 heteroatoms. The number of carbonyl (C=O) groups is 1. The summed E-state index contributed by atoms with van der Waals surface area (Å²) in [5.41, 5.74) is 1.51. The number of carboxylic acids is 1. The number of rotatable bonds is 4. The molecule has 3 rings (SSSR count). The van der Waals surface area contributed by atoms with Gasteiger partial charge in [-0.1, -0.05) is 11.6 Å². The lowest BCUT2D eigenvalue weighted by atomic mass is 10.1. The molecule has 0 spiro atoms. The van der Waals surface area contributed by atoms with Gasteiger partial charge in [0.15, 0.2) is 5.69 Å². The fourth-order valence-corrected chi connectivity index (χ4v) is 2.19. The van der Waals surface area contributed by atoms with Gasteiger partial charge in [-0.25, -0.2) is 4.79 Å². The van der Waals surface area contributed by atoms with Crippen molar-refractivity contribution in [2.75, 3.05) is 0 Å². The van der Waals surface area contributed by atoms with Gasteiger partial charge in [-0.2, -0.15) is 5.10 Å². The van der Waals surface area contributed by atoms with E-state index in [9.17, 15) is 4.79 Å². The average molecular weight is 293 g/mol. The minimum atomic E-state index is -1.05. The van der Waals surface area contributed by atoms with Gasteiger partial charge in [0.25, 0.3) is 0 Å². The zero-order chi connectivity index (χ0) is 14.3. The molecule has 1 aliphatic rings. The maximum atomic E-state index is 10.9. The van der Waals surface area contributed by atoms with Gasteiger partial charge in [0.05, 0.1) is 16.8 Å². The van der Waals surface area contributed by atoms with E-state index in [4.69, 9.17) is 21.4 Å². The molecule has 20 heavy (non-hydrogen) atoms. The molecule has 1 saturated carbocycles. The van der Waals surface area contributed by atoms with E-state index in [0.717, 1.165) is 18.4 Å². The van der Waals surface area contributed by atoms with Gasteiger partial charge in [-0.15, -0.1) is 0 Å². The van der Waals surface area contributed by atoms with Crippen LogP contribution in [0.25, 0.3) is 11.3 Å². The fraction of sp³-hybridized carbons (Fsp3) is 0.286. The van der Waals surface area contributed by atoms with Crippen LogP contribution in [0.1, 0.15) is 23.3 Å². The second-order valence-electron chi connectivity index (χ2n) is 4.81. The van der Waals surface area contributed by atoms with Crippen LogP contribution in [-0.2, 0) is 7.05 Å². The zero-order valence-corrected chi connectivity index (χ0v) is 11.6. The number of benzene rings is 1. The van der Waals surface area contributed by atoms with E-state index in [1.165, 1.54) is 10.7 Å². The van der Waals surface area contributed by atoms with Crippen LogP contribution in [0.3, 0.4) is 0 Å². The molecule has 0 bridgehead atoms. The van der Waals surface area contributed by atoms with Crippen molar-refractivity contribution in [1.82, 2.24) is 9.78 Å². The number of aromatic carboxylic acids is 1. The lowest BCUT2D eigenvalue weighted by molar-refractivity contribution is 0.0689. The lowest BCUT2D eigenvalue weighted by Gasteiger charge is -2.08. The molecule has 1 heterocycles. The zero-order valence-electron chi connectivity index (χ0n) is 10.8. The van der Waals surface area contributed by atoms with E-state index in [0.29, 0.717) is 16.5 Å². The average Bonchev–Trinajstić information content (AvgIpc) is 3.12. The number of hydrogen-bond donors (Lipinski definition) is 1. The molecule has 1 aromatic heterocycles. The summed E-state index contributed by atoms with van der Waals surface area (Å²) in [7, 11) is 1.70. The van der Waals surface area contributed by atoms with Crippen molar-refractivity contribution in [3.63, 3.8) is 0 Å². The third-order valence-corrected chi connectivity index (χ3v) is 3.44. The Morgan fingerprint density at radius 1 is 1.45 bits per heavy atom. The lowest BCUT2D eigenvalue weighted by Crippen LogP contribution is -1.99. The summed E-state index contributed by atoms with van der Waals surface area (Å²) in [6.45, 7) is 0. The van der Waals surface area contributed by atoms with Crippen molar-refractivity contribution >= 4 is 17.6 Å². The molecule has 1 N–H and O–H groups in total. The highest BCUT2D eigenvalue weighted by Crippen LogP contribution is 2.34. The molecule has 2 aromatic rings. The number of hydrogen-bond acceptors (Lipinski definition) is 3. The van der Waals surface area contributed by atoms with Crippen molar-refractivity contribution < 1.29 is 14.6 Å². The number of aryl methyl sites for hydroxylation is 1. The molecule has 5 nitrogen and oxygen atoms in total. The minimum absolute atomic E-state index is 0.0110. The first kappa shape index (κ1) is 13.0. The van der Waals surface area contributed by atoms with E-state index < -0.39 is 5.97 Å². The van der Waals surface area contributed by atoms with Gasteiger partial charge in [0, 0.05) is 12.6 Å². The highest BCUT2D eigenvalue weighted by Gasteiger charge is 2.24. The molecule has 104 valence electrons. The second-order valence-corrected chi connectivity index (χ2v) is 5.21. The molecule has 0 atom stereocenters. The summed E-state index contributed by atoms with van der Waals surface area (Å²) in [5.74, 6) is -0.384. The Morgan fingerprint density at radius 3 is 2.75 bits per heavy atom. The molecular formula is C14H13ClN2O3. The molecule has 0 aliphatic heterocycles. The van der Waals surface area contributed by atoms with Crippen LogP contribution < -0.4 is 4.74 Å². The molecule has 0 amide bonds. The predicted octanol–water partition coefficient (Wildman–Crippen LogP) is 2.98. The van der Waals surface area contributed by atoms with Crippen LogP contribution in [0.4, 0.5) is 0 Å². The maximum Gasteiger partial charge on any atom is 0.356 e. The quantitative estimate of drug-likeness (QED) is 0.941. The summed E-state index contributed by atoms with van der Waals surface area (Å²) < 4.78 is 7.20. The van der Waals surface area contributed by atoms with Crippen LogP contribution in [0.5, 0.6) is 5.75 Å². The summed E-state index contributed by atoms with van der Waals surface area (Å²) in [6.07, 6.45) is 2.43. The molecule has 1 aromatic carbocycles. The third-order valence-electron chi connectivity index (χ3n) is 3.14. The van der Waals surface area contributed by atoms with Crippen molar-refractivity contribution in [2.24, 2.45) is 7.05 Å². The number of nitrogens with zero attached hydrogens (tertiary/aromatic N) is 2. The van der Waals surface area contributed by atoms with Crippen LogP contribution in [0.15, 0.2) is 24.3 Å². The van der Waals surface area contributed by atoms with E-state index in [1.807, 2.05) is 12.1 Å². The third kappa shape index (κ3) is 2.49. The van der Waals surface area contributed by atoms with Gasteiger partial charge < -0.3 is 9.84 Å². The Morgan fingerprint density at radius 2 is 2.20 bits per heavy atom. The van der Waals surface area contributed by atoms with E-state index >= 15 is 0 Å². The Hall–Kier alpha value is -2.01. The standard InChI is InChI=1S/C14H13ClN2O3/c1-17-12(7-11(16-17)14(18)19)8-2-5-13(10(15)6-8)20-9-3-4-9/h2,5-7,9H,3-4H2,1H3,(H,18,19). The van der Waals surface area contributed by atoms with E-state index in [1.54, 1.807) is 13.1 Å². The fourth-order valence-electron chi connectivity index (χ4n) is 1.96. The number of carboxylic acid groups (broad SMARTS) is 1. The smallest absolute Gasteiger partial charge is 0.356 e. The Balaban J connectivity index is 1.93. The molecule has 1 aliphatic carbocycles. The minimum Gasteiger partial charge on any atom is -0.489 e. The van der Waals surface area contributed by atoms with Crippen molar-refractivity contribution in [2.45, 2.75) is 18.9 Å². The topological polar surface area (TPSA) is 64.4 Å². The first-order valence-corrected chi connectivity index (χ1v) is 6.66. The molecule has 0 unspecified atom stereocenters. The molecule has 0 radical (unpaired) electrons. The van der Waals surface area contributed by atoms with Gasteiger partial charge in [-0.3, -0.25) is 4.68 Å². The van der Waals surface area contributed by atoms with E-state index in [2.05, 4.69) is 5.10 Å². The maximum absolute atomic E-state index is 10.9. The van der Waals surface area contributed by atoms with E-state index in [-0.39, 0.29) is 11.8 Å². The Kier molecular flexibility index (Phi) is 3.14. The molecule has 0 saturated heterocycles. The van der Waals surface area contributed by atoms with Crippen LogP contribution in [-0.4, -0.2) is 27.0 Å². The summed E-state index contributed by atoms with van der Waals surface area (Å²) in [6, 6.07) is 6.95. The number of halogens is 1. The predicted molar refractivity (Wildman–Crippen MR) is 74.3 cm³/mol. The Bertz CT molecular complexity index is 677. The highest BCUT2D eigenvalue weighted by atomic mass is 35.5. The normalized spacial score (nSPS) is 14.3. The SMILES string of the molecule is Cn1nc(C(=O)O)cc1-c1ccc(OC2CC2)c(Cl)c1. The highest BCUT2D eigenvalue weighted by molar-refractivity contribution is 6.32. The van der Waals surface area contributed by atoms with Gasteiger partial charge >= 0.3 is 5.97 Å². The van der Waals surface area contributed by atoms with Gasteiger partial charge in [0.2, 0.25) is 0 Å². The van der Waals surface area contributed by atoms with Crippen LogP contribution >= 0.6 is 11.6 Å². The summed E-state index contributed by atoms with van der Waals surface area (Å²) >= 11 is 6.20. The Labute approximate surface area is 120 Å². The van der Waals surface area contributed by atoms with Crippen LogP contribution in [0.2, 0.25) is 5.02 Å². The summed E-state index contributed by atoms with van der Waals surface area (Å²) in [4.78, 5) is 10.9. The number of ether oxygens (including phenoxy) is 1. The van der Waals surface area contributed by atoms with Gasteiger partial charge in [-0.05, 0) is 37.1 Å². The number of aromatic nitrogens is 2. The first-order chi connectivity index (χ1) is 9.54. The van der Waals surface area contributed by atoms with Crippen molar-refractivity contribution in [3.05, 3.63) is 35.0 Å². The van der Waals surface area contributed by atoms with Crippen molar-refractivity contribution in [3.8, 4) is 17.0 Å².